The van der Waals surface area contributed by atoms with Crippen molar-refractivity contribution in [3.05, 3.63) is 129 Å². The summed E-state index contributed by atoms with van der Waals surface area (Å²) in [6.07, 6.45) is -0.318. The minimum atomic E-state index is -1.01. The molecule has 4 aromatic rings. The molecule has 0 fully saturated rings. The smallest absolute Gasteiger partial charge is 0.305 e. The Labute approximate surface area is 241 Å². The van der Waals surface area contributed by atoms with E-state index in [0.29, 0.717) is 27.3 Å². The lowest BCUT2D eigenvalue weighted by molar-refractivity contribution is -0.136. The Balaban J connectivity index is 1.60. The van der Waals surface area contributed by atoms with Crippen molar-refractivity contribution >= 4 is 46.6 Å². The van der Waals surface area contributed by atoms with Gasteiger partial charge in [-0.2, -0.15) is 0 Å². The third-order valence-corrected chi connectivity index (χ3v) is 7.16. The molecule has 0 aliphatic rings. The summed E-state index contributed by atoms with van der Waals surface area (Å²) >= 11 is 12.1. The fourth-order valence-electron chi connectivity index (χ4n) is 4.25. The van der Waals surface area contributed by atoms with Crippen LogP contribution in [0.3, 0.4) is 0 Å². The monoisotopic (exact) mass is 573 g/mol. The van der Waals surface area contributed by atoms with Crippen LogP contribution in [-0.4, -0.2) is 35.1 Å². The van der Waals surface area contributed by atoms with E-state index in [2.05, 4.69) is 5.32 Å². The minimum Gasteiger partial charge on any atom is -0.481 e. The van der Waals surface area contributed by atoms with E-state index in [1.807, 2.05) is 42.5 Å². The highest BCUT2D eigenvalue weighted by molar-refractivity contribution is 6.42. The summed E-state index contributed by atoms with van der Waals surface area (Å²) in [4.78, 5) is 50.1. The molecular weight excluding hydrogens is 549 g/mol. The molecule has 0 saturated heterocycles. The zero-order valence-electron chi connectivity index (χ0n) is 21.3. The lowest BCUT2D eigenvalue weighted by atomic mass is 9.84. The number of aliphatic carboxylic acids is 1. The van der Waals surface area contributed by atoms with Gasteiger partial charge in [0.15, 0.2) is 11.6 Å². The summed E-state index contributed by atoms with van der Waals surface area (Å²) in [6, 6.07) is 27.9. The van der Waals surface area contributed by atoms with Crippen molar-refractivity contribution in [3.63, 3.8) is 0 Å². The summed E-state index contributed by atoms with van der Waals surface area (Å²) in [5, 5.41) is 11.9. The van der Waals surface area contributed by atoms with Crippen LogP contribution in [0, 0.1) is 0 Å². The predicted octanol–water partition coefficient (Wildman–Crippen LogP) is 7.10. The first-order chi connectivity index (χ1) is 19.2. The van der Waals surface area contributed by atoms with Crippen molar-refractivity contribution in [1.29, 1.82) is 0 Å². The lowest BCUT2D eigenvalue weighted by Crippen LogP contribution is -2.26. The van der Waals surface area contributed by atoms with E-state index in [1.54, 1.807) is 42.5 Å². The van der Waals surface area contributed by atoms with E-state index in [4.69, 9.17) is 28.3 Å². The van der Waals surface area contributed by atoms with Crippen LogP contribution in [0.1, 0.15) is 55.4 Å². The topological polar surface area (TPSA) is 101 Å². The third-order valence-electron chi connectivity index (χ3n) is 6.42. The van der Waals surface area contributed by atoms with Crippen LogP contribution in [0.4, 0.5) is 0 Å². The fourth-order valence-corrected chi connectivity index (χ4v) is 4.54. The number of rotatable bonds is 11. The molecule has 0 heterocycles. The van der Waals surface area contributed by atoms with E-state index in [-0.39, 0.29) is 36.0 Å². The van der Waals surface area contributed by atoms with Gasteiger partial charge >= 0.3 is 5.97 Å². The van der Waals surface area contributed by atoms with Crippen molar-refractivity contribution in [2.45, 2.75) is 18.8 Å². The number of carbonyl (C=O) groups is 4. The highest BCUT2D eigenvalue weighted by Gasteiger charge is 2.26. The average Bonchev–Trinajstić information content (AvgIpc) is 2.97. The Morgan fingerprint density at radius 1 is 0.700 bits per heavy atom. The van der Waals surface area contributed by atoms with E-state index in [1.165, 1.54) is 12.1 Å². The molecule has 0 saturated carbocycles. The van der Waals surface area contributed by atoms with Crippen molar-refractivity contribution in [3.8, 4) is 11.1 Å². The number of carbonyl (C=O) groups excluding carboxylic acids is 3. The van der Waals surface area contributed by atoms with Gasteiger partial charge in [-0.1, -0.05) is 89.9 Å². The summed E-state index contributed by atoms with van der Waals surface area (Å²) < 4.78 is 0. The Hall–Kier alpha value is -4.26. The SMILES string of the molecule is O=C(O)CCNC(=O)c1ccc(C(CC(=O)c2ccc(Cl)c(Cl)c2)C(=O)c2ccc(-c3ccccc3)cc2)cc1. The van der Waals surface area contributed by atoms with Gasteiger partial charge in [-0.3, -0.25) is 19.2 Å². The van der Waals surface area contributed by atoms with Crippen LogP contribution in [0.25, 0.3) is 11.1 Å². The second-order valence-electron chi connectivity index (χ2n) is 9.14. The second-order valence-corrected chi connectivity index (χ2v) is 9.95. The predicted molar refractivity (Wildman–Crippen MR) is 155 cm³/mol. The first-order valence-corrected chi connectivity index (χ1v) is 13.3. The van der Waals surface area contributed by atoms with Gasteiger partial charge in [0.1, 0.15) is 0 Å². The highest BCUT2D eigenvalue weighted by atomic mass is 35.5. The van der Waals surface area contributed by atoms with Crippen LogP contribution in [0.15, 0.2) is 97.1 Å². The van der Waals surface area contributed by atoms with Gasteiger partial charge < -0.3 is 10.4 Å². The zero-order valence-corrected chi connectivity index (χ0v) is 22.8. The summed E-state index contributed by atoms with van der Waals surface area (Å²) in [5.41, 5.74) is 3.63. The lowest BCUT2D eigenvalue weighted by Gasteiger charge is -2.17. The molecule has 0 bridgehead atoms. The van der Waals surface area contributed by atoms with Crippen molar-refractivity contribution < 1.29 is 24.3 Å². The molecule has 4 aromatic carbocycles. The zero-order chi connectivity index (χ0) is 28.6. The maximum absolute atomic E-state index is 13.8. The summed E-state index contributed by atoms with van der Waals surface area (Å²) in [5.74, 6) is -2.80. The molecule has 0 radical (unpaired) electrons. The molecule has 0 aliphatic carbocycles. The maximum atomic E-state index is 13.8. The molecule has 1 amide bonds. The van der Waals surface area contributed by atoms with Gasteiger partial charge in [-0.15, -0.1) is 0 Å². The van der Waals surface area contributed by atoms with E-state index >= 15 is 0 Å². The van der Waals surface area contributed by atoms with Gasteiger partial charge in [0.05, 0.1) is 22.4 Å². The van der Waals surface area contributed by atoms with Gasteiger partial charge in [0.25, 0.3) is 5.91 Å². The molecule has 0 aromatic heterocycles. The first-order valence-electron chi connectivity index (χ1n) is 12.5. The number of hydrogen-bond donors (Lipinski definition) is 2. The summed E-state index contributed by atoms with van der Waals surface area (Å²) in [6.45, 7) is -0.00579. The number of nitrogens with one attached hydrogen (secondary N) is 1. The molecule has 202 valence electrons. The quantitative estimate of drug-likeness (QED) is 0.186. The van der Waals surface area contributed by atoms with Crippen LogP contribution in [0.5, 0.6) is 0 Å². The van der Waals surface area contributed by atoms with E-state index in [9.17, 15) is 19.2 Å². The van der Waals surface area contributed by atoms with Crippen LogP contribution < -0.4 is 5.32 Å². The van der Waals surface area contributed by atoms with Gasteiger partial charge in [-0.05, 0) is 47.0 Å². The Kier molecular flexibility index (Phi) is 9.48. The number of Topliss-reactive ketones (excluding diaryl/α,β-unsaturated/α-hetero) is 2. The molecule has 2 N–H and O–H groups in total. The Bertz CT molecular complexity index is 1530. The molecule has 6 nitrogen and oxygen atoms in total. The molecular formula is C32H25Cl2NO5. The van der Waals surface area contributed by atoms with Gasteiger partial charge in [0.2, 0.25) is 0 Å². The third kappa shape index (κ3) is 7.23. The number of carboxylic acid groups (broad SMARTS) is 1. The minimum absolute atomic E-state index is 0.00579. The number of amides is 1. The maximum Gasteiger partial charge on any atom is 0.305 e. The highest BCUT2D eigenvalue weighted by Crippen LogP contribution is 2.30. The van der Waals surface area contributed by atoms with Crippen molar-refractivity contribution in [1.82, 2.24) is 5.32 Å². The van der Waals surface area contributed by atoms with Crippen molar-refractivity contribution in [2.75, 3.05) is 6.54 Å². The summed E-state index contributed by atoms with van der Waals surface area (Å²) in [7, 11) is 0. The molecule has 1 unspecified atom stereocenters. The normalized spacial score (nSPS) is 11.4. The Morgan fingerprint density at radius 2 is 1.30 bits per heavy atom. The second kappa shape index (κ2) is 13.2. The molecule has 40 heavy (non-hydrogen) atoms. The largest absolute Gasteiger partial charge is 0.481 e. The average molecular weight is 574 g/mol. The number of halogens is 2. The molecule has 1 atom stereocenters. The number of ketones is 2. The molecule has 4 rings (SSSR count). The van der Waals surface area contributed by atoms with Gasteiger partial charge in [0, 0.05) is 29.7 Å². The Morgan fingerprint density at radius 3 is 1.93 bits per heavy atom. The van der Waals surface area contributed by atoms with E-state index in [0.717, 1.165) is 11.1 Å². The van der Waals surface area contributed by atoms with Crippen molar-refractivity contribution in [2.24, 2.45) is 0 Å². The standard InChI is InChI=1S/C32H25Cl2NO5/c33-27-15-14-25(18-28(27)34)29(36)19-26(22-8-12-24(13-9-22)32(40)35-17-16-30(37)38)31(39)23-10-6-21(7-11-23)20-4-2-1-3-5-20/h1-15,18,26H,16-17,19H2,(H,35,40)(H,37,38). The first kappa shape index (κ1) is 28.7. The fraction of sp³-hybridized carbons (Fsp3) is 0.125. The van der Waals surface area contributed by atoms with Gasteiger partial charge in [-0.25, -0.2) is 0 Å². The van der Waals surface area contributed by atoms with Crippen LogP contribution in [0.2, 0.25) is 10.0 Å². The van der Waals surface area contributed by atoms with Crippen LogP contribution >= 0.6 is 23.2 Å². The molecule has 0 spiro atoms. The molecule has 8 heteroatoms. The van der Waals surface area contributed by atoms with E-state index < -0.39 is 17.8 Å². The number of hydrogen-bond acceptors (Lipinski definition) is 4. The number of benzene rings is 4. The number of carboxylic acids is 1. The van der Waals surface area contributed by atoms with Crippen LogP contribution in [-0.2, 0) is 4.79 Å². The molecule has 0 aliphatic heterocycles.